The van der Waals surface area contributed by atoms with Crippen molar-refractivity contribution in [3.63, 3.8) is 0 Å². The second-order valence-corrected chi connectivity index (χ2v) is 9.06. The molecule has 0 spiro atoms. The average molecular weight is 477 g/mol. The molecule has 1 aromatic heterocycles. The number of ketones is 1. The van der Waals surface area contributed by atoms with Crippen molar-refractivity contribution in [1.29, 1.82) is 0 Å². The van der Waals surface area contributed by atoms with Crippen LogP contribution in [0, 0.1) is 5.92 Å². The van der Waals surface area contributed by atoms with Crippen molar-refractivity contribution in [1.82, 2.24) is 8.75 Å². The summed E-state index contributed by atoms with van der Waals surface area (Å²) in [5.74, 6) is -1.54. The Morgan fingerprint density at radius 2 is 1.78 bits per heavy atom. The number of rotatable bonds is 7. The van der Waals surface area contributed by atoms with Gasteiger partial charge in [-0.25, -0.2) is 0 Å². The molecule has 1 fully saturated rings. The van der Waals surface area contributed by atoms with E-state index in [1.165, 1.54) is 17.8 Å². The van der Waals surface area contributed by atoms with E-state index in [2.05, 4.69) is 8.75 Å². The van der Waals surface area contributed by atoms with Gasteiger partial charge in [0.2, 0.25) is 0 Å². The normalized spacial score (nSPS) is 14.8. The molecular weight excluding hydrogens is 455 g/mol. The van der Waals surface area contributed by atoms with E-state index in [0.717, 1.165) is 37.4 Å². The third kappa shape index (κ3) is 5.26. The van der Waals surface area contributed by atoms with Crippen LogP contribution in [0.5, 0.6) is 5.75 Å². The average Bonchev–Trinajstić information content (AvgIpc) is 3.44. The molecular formula is C23H21N2NaO4S2. The summed E-state index contributed by atoms with van der Waals surface area (Å²) in [4.78, 5) is 26.5. The summed E-state index contributed by atoms with van der Waals surface area (Å²) in [6.45, 7) is 0. The zero-order chi connectivity index (χ0) is 22.0. The summed E-state index contributed by atoms with van der Waals surface area (Å²) in [7, 11) is 0. The smallest absolute Gasteiger partial charge is 0.545 e. The van der Waals surface area contributed by atoms with Gasteiger partial charge in [-0.15, -0.1) is 11.8 Å². The molecule has 4 rings (SSSR count). The van der Waals surface area contributed by atoms with Crippen LogP contribution in [0.1, 0.15) is 48.0 Å². The number of carboxylic acid groups (broad SMARTS) is 1. The number of nitrogens with zero attached hydrogens (tertiary/aromatic N) is 2. The summed E-state index contributed by atoms with van der Waals surface area (Å²) >= 11 is 2.42. The predicted octanol–water partition coefficient (Wildman–Crippen LogP) is 1.09. The second kappa shape index (κ2) is 10.9. The van der Waals surface area contributed by atoms with Gasteiger partial charge in [0.1, 0.15) is 16.8 Å². The zero-order valence-electron chi connectivity index (χ0n) is 18.0. The summed E-state index contributed by atoms with van der Waals surface area (Å²) in [6.07, 6.45) is 6.27. The first-order chi connectivity index (χ1) is 15.0. The molecule has 160 valence electrons. The van der Waals surface area contributed by atoms with Crippen LogP contribution in [0.2, 0.25) is 0 Å². The fourth-order valence-electron chi connectivity index (χ4n) is 4.17. The summed E-state index contributed by atoms with van der Waals surface area (Å²) < 4.78 is 8.35. The predicted molar refractivity (Wildman–Crippen MR) is 120 cm³/mol. The van der Waals surface area contributed by atoms with Crippen LogP contribution >= 0.6 is 23.5 Å². The maximum absolute atomic E-state index is 13.5. The Kier molecular flexibility index (Phi) is 8.52. The van der Waals surface area contributed by atoms with Crippen molar-refractivity contribution in [3.8, 4) is 5.75 Å². The first-order valence-corrected chi connectivity index (χ1v) is 12.0. The van der Waals surface area contributed by atoms with Crippen LogP contribution in [0.3, 0.4) is 0 Å². The minimum atomic E-state index is -1.39. The van der Waals surface area contributed by atoms with Gasteiger partial charge in [0.25, 0.3) is 0 Å². The van der Waals surface area contributed by atoms with Gasteiger partial charge in [-0.3, -0.25) is 4.79 Å². The third-order valence-electron chi connectivity index (χ3n) is 5.73. The summed E-state index contributed by atoms with van der Waals surface area (Å²) in [5.41, 5.74) is 2.00. The Morgan fingerprint density at radius 3 is 2.44 bits per heavy atom. The van der Waals surface area contributed by atoms with Crippen molar-refractivity contribution < 1.29 is 49.4 Å². The Labute approximate surface area is 216 Å². The van der Waals surface area contributed by atoms with E-state index in [1.807, 2.05) is 6.26 Å². The van der Waals surface area contributed by atoms with Crippen LogP contribution in [0.15, 0.2) is 46.9 Å². The molecule has 9 heteroatoms. The maximum atomic E-state index is 13.5. The van der Waals surface area contributed by atoms with Crippen molar-refractivity contribution in [2.45, 2.75) is 37.0 Å². The standard InChI is InChI=1S/C23H22N2O4S2.Na/c1-30-20-9-7-15(12-19(20)26)22(27)16(10-13-4-2-3-5-13)21(23(28)29)14-6-8-17-18(11-14)25-31-24-17;/h6-9,11-13,26H,2-5,10H2,1H3,(H,28,29);/q;+1/p-1. The minimum Gasteiger partial charge on any atom is -0.545 e. The number of phenolic OH excluding ortho intramolecular Hbond substituents is 1. The summed E-state index contributed by atoms with van der Waals surface area (Å²) in [5, 5.41) is 22.5. The molecule has 0 unspecified atom stereocenters. The number of benzene rings is 2. The molecule has 3 aromatic rings. The van der Waals surface area contributed by atoms with Crippen LogP contribution in [-0.4, -0.2) is 31.9 Å². The van der Waals surface area contributed by atoms with Crippen LogP contribution < -0.4 is 34.7 Å². The number of hydrogen-bond donors (Lipinski definition) is 1. The monoisotopic (exact) mass is 476 g/mol. The molecule has 0 saturated heterocycles. The molecule has 0 bridgehead atoms. The number of carbonyl (C=O) groups excluding carboxylic acids is 2. The van der Waals surface area contributed by atoms with Gasteiger partial charge in [-0.05, 0) is 54.5 Å². The van der Waals surface area contributed by atoms with E-state index in [-0.39, 0.29) is 57.9 Å². The number of allylic oxidation sites excluding steroid dienone is 1. The van der Waals surface area contributed by atoms with Gasteiger partial charge in [0.05, 0.1) is 17.7 Å². The van der Waals surface area contributed by atoms with E-state index in [4.69, 9.17) is 0 Å². The van der Waals surface area contributed by atoms with Gasteiger partial charge in [0.15, 0.2) is 5.78 Å². The number of thioether (sulfide) groups is 1. The molecule has 1 saturated carbocycles. The van der Waals surface area contributed by atoms with E-state index < -0.39 is 11.8 Å². The van der Waals surface area contributed by atoms with Gasteiger partial charge in [-0.2, -0.15) is 8.75 Å². The molecule has 1 N–H and O–H groups in total. The molecule has 0 radical (unpaired) electrons. The number of carboxylic acids is 1. The van der Waals surface area contributed by atoms with Gasteiger partial charge >= 0.3 is 29.6 Å². The minimum absolute atomic E-state index is 0. The third-order valence-corrected chi connectivity index (χ3v) is 7.07. The Morgan fingerprint density at radius 1 is 1.09 bits per heavy atom. The van der Waals surface area contributed by atoms with E-state index >= 15 is 0 Å². The fraction of sp³-hybridized carbons (Fsp3) is 0.304. The number of fused-ring (bicyclic) bond motifs is 1. The van der Waals surface area contributed by atoms with Gasteiger partial charge < -0.3 is 15.0 Å². The molecule has 1 aliphatic carbocycles. The number of carbonyl (C=O) groups is 2. The Hall–Kier alpha value is -1.71. The SMILES string of the molecule is CSc1ccc(C(=O)C(CC2CCCC2)=C(C(=O)[O-])c2ccc3nsnc3c2)cc1O.[Na+]. The zero-order valence-corrected chi connectivity index (χ0v) is 21.6. The number of hydrogen-bond acceptors (Lipinski definition) is 8. The first-order valence-electron chi connectivity index (χ1n) is 10.1. The van der Waals surface area contributed by atoms with Crippen LogP contribution in [0.25, 0.3) is 16.6 Å². The first kappa shape index (κ1) is 24.9. The van der Waals surface area contributed by atoms with Crippen molar-refractivity contribution in [3.05, 3.63) is 53.1 Å². The van der Waals surface area contributed by atoms with Crippen molar-refractivity contribution in [2.75, 3.05) is 6.26 Å². The quantitative estimate of drug-likeness (QED) is 0.236. The Balaban J connectivity index is 0.00000289. The molecule has 1 aliphatic rings. The number of aliphatic carboxylic acids is 1. The van der Waals surface area contributed by atoms with E-state index in [1.54, 1.807) is 30.3 Å². The number of phenols is 1. The molecule has 1 heterocycles. The van der Waals surface area contributed by atoms with Crippen molar-refractivity contribution >= 4 is 51.8 Å². The molecule has 0 atom stereocenters. The largest absolute Gasteiger partial charge is 1.00 e. The fourth-order valence-corrected chi connectivity index (χ4v) is 5.16. The van der Waals surface area contributed by atoms with Gasteiger partial charge in [-0.1, -0.05) is 31.7 Å². The maximum Gasteiger partial charge on any atom is 1.00 e. The number of Topliss-reactive ketones (excluding diaryl/α,β-unsaturated/α-hetero) is 1. The number of aromatic nitrogens is 2. The van der Waals surface area contributed by atoms with Crippen LogP contribution in [0.4, 0.5) is 0 Å². The number of aromatic hydroxyl groups is 1. The van der Waals surface area contributed by atoms with E-state index in [0.29, 0.717) is 27.9 Å². The summed E-state index contributed by atoms with van der Waals surface area (Å²) in [6, 6.07) is 9.69. The molecule has 6 nitrogen and oxygen atoms in total. The van der Waals surface area contributed by atoms with Crippen LogP contribution in [-0.2, 0) is 4.79 Å². The second-order valence-electron chi connectivity index (χ2n) is 7.68. The molecule has 0 aliphatic heterocycles. The van der Waals surface area contributed by atoms with Gasteiger partial charge in [0, 0.05) is 21.6 Å². The molecule has 32 heavy (non-hydrogen) atoms. The van der Waals surface area contributed by atoms with Crippen molar-refractivity contribution in [2.24, 2.45) is 5.92 Å². The Bertz CT molecular complexity index is 1190. The topological polar surface area (TPSA) is 103 Å². The molecule has 2 aromatic carbocycles. The molecule has 0 amide bonds. The van der Waals surface area contributed by atoms with E-state index in [9.17, 15) is 19.8 Å².